The van der Waals surface area contributed by atoms with Crippen molar-refractivity contribution < 1.29 is 4.21 Å². The molecule has 0 spiro atoms. The van der Waals surface area contributed by atoms with Crippen molar-refractivity contribution in [3.63, 3.8) is 0 Å². The van der Waals surface area contributed by atoms with E-state index in [1.54, 1.807) is 0 Å². The molecule has 0 fully saturated rings. The highest BCUT2D eigenvalue weighted by atomic mass is 79.9. The molecule has 1 atom stereocenters. The van der Waals surface area contributed by atoms with Crippen molar-refractivity contribution in [3.8, 4) is 0 Å². The van der Waals surface area contributed by atoms with Crippen molar-refractivity contribution in [2.75, 3.05) is 7.05 Å². The van der Waals surface area contributed by atoms with Crippen LogP contribution < -0.4 is 0 Å². The highest BCUT2D eigenvalue weighted by molar-refractivity contribution is 9.10. The second-order valence-electron chi connectivity index (χ2n) is 2.79. The quantitative estimate of drug-likeness (QED) is 0.713. The summed E-state index contributed by atoms with van der Waals surface area (Å²) in [5.74, 6) is 0. The van der Waals surface area contributed by atoms with Crippen molar-refractivity contribution in [1.82, 2.24) is 4.31 Å². The Morgan fingerprint density at radius 2 is 2.07 bits per heavy atom. The summed E-state index contributed by atoms with van der Waals surface area (Å²) in [5.41, 5.74) is 1.16. The predicted octanol–water partition coefficient (Wildman–Crippen LogP) is 2.94. The molecule has 2 rings (SSSR count). The maximum atomic E-state index is 11.5. The minimum absolute atomic E-state index is 0.779. The van der Waals surface area contributed by atoms with Gasteiger partial charge in [0.25, 0.3) is 0 Å². The summed E-state index contributed by atoms with van der Waals surface area (Å²) in [6.45, 7) is 4.78. The Bertz CT molecular complexity index is 354. The molecule has 1 aliphatic heterocycles. The van der Waals surface area contributed by atoms with Gasteiger partial charge >= 0.3 is 0 Å². The number of fused-ring (bicyclic) bond motifs is 1. The molecule has 1 aromatic rings. The Morgan fingerprint density at radius 1 is 1.43 bits per heavy atom. The van der Waals surface area contributed by atoms with Gasteiger partial charge in [0.2, 0.25) is 0 Å². The largest absolute Gasteiger partial charge is 0.237 e. The van der Waals surface area contributed by atoms with Crippen molar-refractivity contribution in [1.29, 1.82) is 0 Å². The number of hydrogen-bond acceptors (Lipinski definition) is 1. The van der Waals surface area contributed by atoms with Gasteiger partial charge in [-0.3, -0.25) is 0 Å². The van der Waals surface area contributed by atoms with Crippen molar-refractivity contribution in [2.45, 2.75) is 25.3 Å². The van der Waals surface area contributed by atoms with Crippen LogP contribution in [-0.4, -0.2) is 15.6 Å². The Morgan fingerprint density at radius 3 is 2.71 bits per heavy atom. The van der Waals surface area contributed by atoms with E-state index in [0.29, 0.717) is 0 Å². The SMILES string of the molecule is CC.CN1Cc2cc(Br)ccc2S1=O. The van der Waals surface area contributed by atoms with E-state index in [-0.39, 0.29) is 0 Å². The fourth-order valence-electron chi connectivity index (χ4n) is 1.31. The predicted molar refractivity (Wildman–Crippen MR) is 63.4 cm³/mol. The second kappa shape index (κ2) is 5.05. The van der Waals surface area contributed by atoms with E-state index in [1.807, 2.05) is 43.4 Å². The molecule has 1 aliphatic rings. The van der Waals surface area contributed by atoms with E-state index in [2.05, 4.69) is 15.9 Å². The van der Waals surface area contributed by atoms with E-state index in [0.717, 1.165) is 21.5 Å². The molecular weight excluding hydrogens is 262 g/mol. The molecule has 0 amide bonds. The normalized spacial score (nSPS) is 19.9. The van der Waals surface area contributed by atoms with Crippen LogP contribution in [-0.2, 0) is 17.5 Å². The van der Waals surface area contributed by atoms with Crippen LogP contribution in [0.3, 0.4) is 0 Å². The third-order valence-electron chi connectivity index (χ3n) is 1.89. The van der Waals surface area contributed by atoms with Crippen LogP contribution in [0.25, 0.3) is 0 Å². The fraction of sp³-hybridized carbons (Fsp3) is 0.400. The Balaban J connectivity index is 0.000000461. The summed E-state index contributed by atoms with van der Waals surface area (Å²) in [6.07, 6.45) is 0. The zero-order chi connectivity index (χ0) is 10.7. The lowest BCUT2D eigenvalue weighted by molar-refractivity contribution is 0.541. The van der Waals surface area contributed by atoms with Gasteiger partial charge in [-0.2, -0.15) is 0 Å². The number of halogens is 1. The number of benzene rings is 1. The highest BCUT2D eigenvalue weighted by Crippen LogP contribution is 2.27. The van der Waals surface area contributed by atoms with E-state index in [1.165, 1.54) is 0 Å². The van der Waals surface area contributed by atoms with E-state index in [9.17, 15) is 4.21 Å². The van der Waals surface area contributed by atoms with E-state index < -0.39 is 11.0 Å². The summed E-state index contributed by atoms with van der Waals surface area (Å²) in [5, 5.41) is 0. The van der Waals surface area contributed by atoms with Crippen molar-refractivity contribution in [2.24, 2.45) is 0 Å². The average Bonchev–Trinajstić information content (AvgIpc) is 2.45. The van der Waals surface area contributed by atoms with Gasteiger partial charge in [0.15, 0.2) is 0 Å². The monoisotopic (exact) mass is 275 g/mol. The molecule has 0 bridgehead atoms. The van der Waals surface area contributed by atoms with E-state index in [4.69, 9.17) is 0 Å². The first-order valence-electron chi connectivity index (χ1n) is 4.60. The standard InChI is InChI=1S/C8H8BrNOS.C2H6/c1-10-5-6-4-7(9)2-3-8(6)12(10)11;1-2/h2-4H,5H2,1H3;1-2H3. The molecule has 0 saturated carbocycles. The van der Waals surface area contributed by atoms with Gasteiger partial charge in [0.05, 0.1) is 4.90 Å². The van der Waals surface area contributed by atoms with Crippen LogP contribution >= 0.6 is 15.9 Å². The first kappa shape index (κ1) is 11.9. The van der Waals surface area contributed by atoms with Crippen LogP contribution in [0.1, 0.15) is 19.4 Å². The van der Waals surface area contributed by atoms with Gasteiger partial charge in [-0.05, 0) is 23.8 Å². The smallest absolute Gasteiger partial charge is 0.127 e. The van der Waals surface area contributed by atoms with Gasteiger partial charge in [0, 0.05) is 18.1 Å². The fourth-order valence-corrected chi connectivity index (χ4v) is 2.84. The molecule has 0 N–H and O–H groups in total. The number of rotatable bonds is 0. The lowest BCUT2D eigenvalue weighted by Gasteiger charge is -2.01. The molecule has 0 aromatic heterocycles. The van der Waals surface area contributed by atoms with Crippen LogP contribution in [0.2, 0.25) is 0 Å². The lowest BCUT2D eigenvalue weighted by Crippen LogP contribution is -2.11. The lowest BCUT2D eigenvalue weighted by atomic mass is 10.2. The topological polar surface area (TPSA) is 20.3 Å². The number of nitrogens with zero attached hydrogens (tertiary/aromatic N) is 1. The van der Waals surface area contributed by atoms with Gasteiger partial charge in [-0.1, -0.05) is 29.8 Å². The minimum Gasteiger partial charge on any atom is -0.237 e. The molecule has 1 heterocycles. The molecule has 0 saturated heterocycles. The van der Waals surface area contributed by atoms with Crippen LogP contribution in [0, 0.1) is 0 Å². The van der Waals surface area contributed by atoms with Crippen molar-refractivity contribution >= 4 is 26.9 Å². The average molecular weight is 276 g/mol. The van der Waals surface area contributed by atoms with E-state index >= 15 is 0 Å². The Labute approximate surface area is 96.0 Å². The second-order valence-corrected chi connectivity index (χ2v) is 5.26. The Kier molecular flexibility index (Phi) is 4.29. The third kappa shape index (κ3) is 2.24. The zero-order valence-corrected chi connectivity index (χ0v) is 11.0. The first-order chi connectivity index (χ1) is 6.68. The molecule has 14 heavy (non-hydrogen) atoms. The first-order valence-corrected chi connectivity index (χ1v) is 6.50. The zero-order valence-electron chi connectivity index (χ0n) is 8.58. The molecule has 4 heteroatoms. The maximum Gasteiger partial charge on any atom is 0.127 e. The van der Waals surface area contributed by atoms with Crippen LogP contribution in [0.4, 0.5) is 0 Å². The summed E-state index contributed by atoms with van der Waals surface area (Å²) >= 11 is 3.39. The molecule has 78 valence electrons. The van der Waals surface area contributed by atoms with Crippen LogP contribution in [0.5, 0.6) is 0 Å². The number of hydrogen-bond donors (Lipinski definition) is 0. The summed E-state index contributed by atoms with van der Waals surface area (Å²) < 4.78 is 14.4. The Hall–Kier alpha value is -0.190. The third-order valence-corrected chi connectivity index (χ3v) is 3.85. The van der Waals surface area contributed by atoms with Gasteiger partial charge in [0.1, 0.15) is 11.0 Å². The highest BCUT2D eigenvalue weighted by Gasteiger charge is 2.23. The molecule has 0 radical (unpaired) electrons. The van der Waals surface area contributed by atoms with Gasteiger partial charge in [-0.15, -0.1) is 0 Å². The summed E-state index contributed by atoms with van der Waals surface area (Å²) in [6, 6.07) is 5.87. The summed E-state index contributed by atoms with van der Waals surface area (Å²) in [4.78, 5) is 0.945. The molecule has 1 unspecified atom stereocenters. The van der Waals surface area contributed by atoms with Gasteiger partial charge < -0.3 is 0 Å². The molecule has 1 aromatic carbocycles. The molecular formula is C10H14BrNOS. The van der Waals surface area contributed by atoms with Crippen molar-refractivity contribution in [3.05, 3.63) is 28.2 Å². The maximum absolute atomic E-state index is 11.5. The van der Waals surface area contributed by atoms with Gasteiger partial charge in [-0.25, -0.2) is 8.51 Å². The summed E-state index contributed by atoms with van der Waals surface area (Å²) in [7, 11) is 0.927. The minimum atomic E-state index is -0.938. The molecule has 2 nitrogen and oxygen atoms in total. The molecule has 0 aliphatic carbocycles. The van der Waals surface area contributed by atoms with Crippen LogP contribution in [0.15, 0.2) is 27.6 Å².